The molecule has 4 rings (SSSR count). The molecule has 30 heavy (non-hydrogen) atoms. The van der Waals surface area contributed by atoms with E-state index in [0.29, 0.717) is 32.2 Å². The summed E-state index contributed by atoms with van der Waals surface area (Å²) in [6, 6.07) is 12.7. The molecule has 0 bridgehead atoms. The van der Waals surface area contributed by atoms with Gasteiger partial charge in [0, 0.05) is 28.8 Å². The lowest BCUT2D eigenvalue weighted by Gasteiger charge is -2.13. The molecule has 0 radical (unpaired) electrons. The van der Waals surface area contributed by atoms with Crippen LogP contribution in [0.25, 0.3) is 10.9 Å². The summed E-state index contributed by atoms with van der Waals surface area (Å²) in [7, 11) is 1.88. The molecular formula is C21H17Cl3N4OS. The highest BCUT2D eigenvalue weighted by molar-refractivity contribution is 7.90. The first-order valence-electron chi connectivity index (χ1n) is 9.00. The number of pyridine rings is 1. The minimum atomic E-state index is -1.44. The van der Waals surface area contributed by atoms with Gasteiger partial charge < -0.3 is 15.2 Å². The standard InChI is InChI=1S/C21H17Cl3N4OS/c1-25-10-13-12-28(30(29)16-3-2-6-26-11-16)20-9-15(4-5-17(13)20)27-21-18(23)7-14(22)8-19(21)24/h2-9,11-12,25,27H,10H2,1H3. The van der Waals surface area contributed by atoms with Crippen LogP contribution in [0.3, 0.4) is 0 Å². The van der Waals surface area contributed by atoms with Gasteiger partial charge in [-0.1, -0.05) is 40.9 Å². The van der Waals surface area contributed by atoms with Crippen molar-refractivity contribution in [2.45, 2.75) is 11.4 Å². The van der Waals surface area contributed by atoms with Gasteiger partial charge in [-0.15, -0.1) is 0 Å². The van der Waals surface area contributed by atoms with Gasteiger partial charge in [-0.3, -0.25) is 4.98 Å². The van der Waals surface area contributed by atoms with E-state index in [1.165, 1.54) is 0 Å². The number of anilines is 2. The first-order chi connectivity index (χ1) is 14.5. The molecule has 0 spiro atoms. The lowest BCUT2D eigenvalue weighted by molar-refractivity contribution is 0.587. The van der Waals surface area contributed by atoms with E-state index in [0.717, 1.165) is 22.2 Å². The minimum absolute atomic E-state index is 0.415. The molecule has 0 amide bonds. The van der Waals surface area contributed by atoms with Crippen LogP contribution in [-0.2, 0) is 17.9 Å². The molecule has 0 saturated carbocycles. The van der Waals surface area contributed by atoms with E-state index in [1.54, 1.807) is 40.6 Å². The molecule has 5 nitrogen and oxygen atoms in total. The second-order valence-electron chi connectivity index (χ2n) is 6.55. The number of nitrogens with one attached hydrogen (secondary N) is 2. The van der Waals surface area contributed by atoms with E-state index in [-0.39, 0.29) is 0 Å². The zero-order valence-corrected chi connectivity index (χ0v) is 18.9. The average Bonchev–Trinajstić information content (AvgIpc) is 3.09. The third kappa shape index (κ3) is 4.25. The summed E-state index contributed by atoms with van der Waals surface area (Å²) in [5, 5.41) is 8.69. The maximum atomic E-state index is 13.2. The van der Waals surface area contributed by atoms with Crippen LogP contribution < -0.4 is 10.6 Å². The van der Waals surface area contributed by atoms with Gasteiger partial charge in [-0.05, 0) is 49.0 Å². The smallest absolute Gasteiger partial charge is 0.198 e. The van der Waals surface area contributed by atoms with Crippen LogP contribution in [0.15, 0.2) is 66.0 Å². The SMILES string of the molecule is CNCc1cn([S+]([O-])c2cccnc2)c2cc(Nc3c(Cl)cc(Cl)cc3Cl)ccc12. The van der Waals surface area contributed by atoms with Gasteiger partial charge in [0.25, 0.3) is 0 Å². The Morgan fingerprint density at radius 1 is 1.10 bits per heavy atom. The van der Waals surface area contributed by atoms with E-state index >= 15 is 0 Å². The van der Waals surface area contributed by atoms with Crippen molar-refractivity contribution in [2.75, 3.05) is 12.4 Å². The summed E-state index contributed by atoms with van der Waals surface area (Å²) in [5.41, 5.74) is 3.17. The summed E-state index contributed by atoms with van der Waals surface area (Å²) in [4.78, 5) is 4.70. The summed E-state index contributed by atoms with van der Waals surface area (Å²) < 4.78 is 15.0. The first kappa shape index (κ1) is 21.3. The van der Waals surface area contributed by atoms with Crippen LogP contribution >= 0.6 is 34.8 Å². The fraction of sp³-hybridized carbons (Fsp3) is 0.0952. The molecular weight excluding hydrogens is 463 g/mol. The molecule has 0 aliphatic rings. The van der Waals surface area contributed by atoms with Crippen molar-refractivity contribution in [3.05, 3.63) is 81.7 Å². The minimum Gasteiger partial charge on any atom is -0.587 e. The van der Waals surface area contributed by atoms with Gasteiger partial charge in [0.2, 0.25) is 0 Å². The van der Waals surface area contributed by atoms with Crippen molar-refractivity contribution in [1.29, 1.82) is 0 Å². The number of nitrogens with zero attached hydrogens (tertiary/aromatic N) is 2. The summed E-state index contributed by atoms with van der Waals surface area (Å²) >= 11 is 17.2. The molecule has 1 atom stereocenters. The molecule has 0 fully saturated rings. The molecule has 2 heterocycles. The largest absolute Gasteiger partial charge is 0.587 e. The first-order valence-corrected chi connectivity index (χ1v) is 11.2. The third-order valence-electron chi connectivity index (χ3n) is 4.51. The van der Waals surface area contributed by atoms with E-state index in [9.17, 15) is 4.55 Å². The molecule has 2 aromatic heterocycles. The van der Waals surface area contributed by atoms with Gasteiger partial charge >= 0.3 is 0 Å². The molecule has 0 aliphatic heterocycles. The zero-order valence-electron chi connectivity index (χ0n) is 15.8. The van der Waals surface area contributed by atoms with Crippen LogP contribution in [0.5, 0.6) is 0 Å². The zero-order chi connectivity index (χ0) is 21.3. The number of halogens is 3. The number of rotatable bonds is 6. The van der Waals surface area contributed by atoms with Gasteiger partial charge in [-0.2, -0.15) is 3.97 Å². The number of hydrogen-bond acceptors (Lipinski definition) is 4. The Labute approximate surface area is 192 Å². The Balaban J connectivity index is 1.79. The van der Waals surface area contributed by atoms with Crippen molar-refractivity contribution < 1.29 is 4.55 Å². The van der Waals surface area contributed by atoms with E-state index in [4.69, 9.17) is 34.8 Å². The van der Waals surface area contributed by atoms with Gasteiger partial charge in [0.05, 0.1) is 28.1 Å². The Morgan fingerprint density at radius 2 is 1.87 bits per heavy atom. The Bertz CT molecular complexity index is 1180. The Kier molecular flexibility index (Phi) is 6.43. The van der Waals surface area contributed by atoms with Crippen LogP contribution in [0, 0.1) is 0 Å². The second-order valence-corrected chi connectivity index (χ2v) is 9.16. The molecule has 9 heteroatoms. The highest BCUT2D eigenvalue weighted by atomic mass is 35.5. The van der Waals surface area contributed by atoms with Crippen molar-refractivity contribution in [1.82, 2.24) is 14.3 Å². The van der Waals surface area contributed by atoms with Gasteiger partial charge in [0.15, 0.2) is 4.90 Å². The predicted molar refractivity (Wildman–Crippen MR) is 125 cm³/mol. The second kappa shape index (κ2) is 9.06. The van der Waals surface area contributed by atoms with Gasteiger partial charge in [-0.25, -0.2) is 0 Å². The lowest BCUT2D eigenvalue weighted by Crippen LogP contribution is -2.12. The van der Waals surface area contributed by atoms with Crippen LogP contribution in [-0.4, -0.2) is 20.6 Å². The molecule has 2 N–H and O–H groups in total. The maximum Gasteiger partial charge on any atom is 0.198 e. The number of aromatic nitrogens is 2. The molecule has 0 saturated heterocycles. The fourth-order valence-corrected chi connectivity index (χ4v) is 5.22. The monoisotopic (exact) mass is 478 g/mol. The molecule has 0 aliphatic carbocycles. The molecule has 2 aromatic carbocycles. The Morgan fingerprint density at radius 3 is 2.53 bits per heavy atom. The van der Waals surface area contributed by atoms with Gasteiger partial charge in [0.1, 0.15) is 16.9 Å². The maximum absolute atomic E-state index is 13.2. The van der Waals surface area contributed by atoms with Crippen molar-refractivity contribution in [3.63, 3.8) is 0 Å². The van der Waals surface area contributed by atoms with Crippen molar-refractivity contribution in [3.8, 4) is 0 Å². The van der Waals surface area contributed by atoms with Crippen LogP contribution in [0.1, 0.15) is 5.56 Å². The van der Waals surface area contributed by atoms with E-state index < -0.39 is 11.4 Å². The lowest BCUT2D eigenvalue weighted by atomic mass is 10.1. The summed E-state index contributed by atoms with van der Waals surface area (Å²) in [5.74, 6) is 0. The van der Waals surface area contributed by atoms with Crippen LogP contribution in [0.2, 0.25) is 15.1 Å². The summed E-state index contributed by atoms with van der Waals surface area (Å²) in [6.07, 6.45) is 5.16. The van der Waals surface area contributed by atoms with Crippen molar-refractivity contribution in [2.24, 2.45) is 0 Å². The summed E-state index contributed by atoms with van der Waals surface area (Å²) in [6.45, 7) is 0.648. The molecule has 154 valence electrons. The topological polar surface area (TPSA) is 64.9 Å². The highest BCUT2D eigenvalue weighted by Gasteiger charge is 2.20. The highest BCUT2D eigenvalue weighted by Crippen LogP contribution is 2.37. The quantitative estimate of drug-likeness (QED) is 0.331. The number of hydrogen-bond donors (Lipinski definition) is 2. The van der Waals surface area contributed by atoms with E-state index in [2.05, 4.69) is 15.6 Å². The average molecular weight is 480 g/mol. The van der Waals surface area contributed by atoms with E-state index in [1.807, 2.05) is 31.4 Å². The van der Waals surface area contributed by atoms with Crippen molar-refractivity contribution >= 4 is 68.4 Å². The predicted octanol–water partition coefficient (Wildman–Crippen LogP) is 6.03. The third-order valence-corrected chi connectivity index (χ3v) is 6.63. The molecule has 1 unspecified atom stereocenters. The molecule has 4 aromatic rings. The van der Waals surface area contributed by atoms with Crippen LogP contribution in [0.4, 0.5) is 11.4 Å². The Hall–Kier alpha value is -1.93. The normalized spacial score (nSPS) is 12.3. The number of fused-ring (bicyclic) bond motifs is 1. The fourth-order valence-electron chi connectivity index (χ4n) is 3.18. The number of benzene rings is 2.